The molecule has 0 spiro atoms. The zero-order chi connectivity index (χ0) is 7.84. The van der Waals surface area contributed by atoms with Gasteiger partial charge in [0.05, 0.1) is 0 Å². The highest BCUT2D eigenvalue weighted by Crippen LogP contribution is 2.04. The average Bonchev–Trinajstić information content (AvgIpc) is 2.31. The van der Waals surface area contributed by atoms with Gasteiger partial charge in [-0.15, -0.1) is 5.10 Å². The van der Waals surface area contributed by atoms with Gasteiger partial charge in [-0.3, -0.25) is 0 Å². The van der Waals surface area contributed by atoms with E-state index in [0.29, 0.717) is 5.65 Å². The van der Waals surface area contributed by atoms with Crippen LogP contribution < -0.4 is 5.73 Å². The summed E-state index contributed by atoms with van der Waals surface area (Å²) in [6.45, 7) is 0. The molecule has 0 saturated heterocycles. The summed E-state index contributed by atoms with van der Waals surface area (Å²) in [7, 11) is 0. The van der Waals surface area contributed by atoms with Crippen molar-refractivity contribution < 1.29 is 4.39 Å². The lowest BCUT2D eigenvalue weighted by Crippen LogP contribution is -1.93. The molecule has 0 radical (unpaired) electrons. The molecule has 0 fully saturated rings. The van der Waals surface area contributed by atoms with Crippen molar-refractivity contribution in [1.29, 1.82) is 0 Å². The fourth-order valence-electron chi connectivity index (χ4n) is 0.890. The van der Waals surface area contributed by atoms with E-state index in [1.807, 2.05) is 0 Å². The van der Waals surface area contributed by atoms with Crippen molar-refractivity contribution in [1.82, 2.24) is 14.6 Å². The molecule has 0 aliphatic carbocycles. The fourth-order valence-corrected chi connectivity index (χ4v) is 0.890. The van der Waals surface area contributed by atoms with E-state index in [1.54, 1.807) is 12.1 Å². The van der Waals surface area contributed by atoms with Crippen LogP contribution in [0.15, 0.2) is 18.2 Å². The van der Waals surface area contributed by atoms with Gasteiger partial charge in [-0.2, -0.15) is 13.9 Å². The molecule has 0 aliphatic rings. The number of nitrogen functional groups attached to an aromatic ring is 1. The van der Waals surface area contributed by atoms with Crippen LogP contribution in [0.4, 0.5) is 10.3 Å². The summed E-state index contributed by atoms with van der Waals surface area (Å²) in [5, 5.41) is 3.62. The molecule has 4 nitrogen and oxygen atoms in total. The molecular formula is C6H5FN4. The Labute approximate surface area is 61.5 Å². The lowest BCUT2D eigenvalue weighted by atomic mass is 10.5. The molecule has 0 amide bonds. The second-order valence-corrected chi connectivity index (χ2v) is 2.09. The third kappa shape index (κ3) is 0.813. The predicted octanol–water partition coefficient (Wildman–Crippen LogP) is 0.451. The van der Waals surface area contributed by atoms with Crippen molar-refractivity contribution in [2.24, 2.45) is 0 Å². The van der Waals surface area contributed by atoms with Crippen LogP contribution in [0.1, 0.15) is 0 Å². The molecule has 56 valence electrons. The molecule has 5 heteroatoms. The minimum absolute atomic E-state index is 0.0788. The van der Waals surface area contributed by atoms with Gasteiger partial charge in [0.1, 0.15) is 0 Å². The van der Waals surface area contributed by atoms with E-state index in [0.717, 1.165) is 4.52 Å². The molecule has 2 aromatic heterocycles. The normalized spacial score (nSPS) is 10.6. The number of fused-ring (bicyclic) bond motifs is 1. The van der Waals surface area contributed by atoms with Gasteiger partial charge in [0.25, 0.3) is 0 Å². The van der Waals surface area contributed by atoms with Gasteiger partial charge >= 0.3 is 0 Å². The highest BCUT2D eigenvalue weighted by Gasteiger charge is 2.01. The fraction of sp³-hybridized carbons (Fsp3) is 0. The zero-order valence-electron chi connectivity index (χ0n) is 5.53. The molecule has 2 heterocycles. The number of nitrogens with two attached hydrogens (primary N) is 1. The summed E-state index contributed by atoms with van der Waals surface area (Å²) in [5.41, 5.74) is 5.67. The Balaban J connectivity index is 2.90. The van der Waals surface area contributed by atoms with Crippen molar-refractivity contribution in [3.63, 3.8) is 0 Å². The van der Waals surface area contributed by atoms with E-state index >= 15 is 0 Å². The quantitative estimate of drug-likeness (QED) is 0.557. The molecule has 0 aliphatic heterocycles. The average molecular weight is 152 g/mol. The molecule has 0 aromatic carbocycles. The number of pyridine rings is 1. The largest absolute Gasteiger partial charge is 0.366 e. The maximum atomic E-state index is 12.8. The molecule has 2 rings (SSSR count). The highest BCUT2D eigenvalue weighted by molar-refractivity contribution is 5.40. The van der Waals surface area contributed by atoms with E-state index in [-0.39, 0.29) is 5.95 Å². The van der Waals surface area contributed by atoms with Crippen LogP contribution in [0.3, 0.4) is 0 Å². The Morgan fingerprint density at radius 1 is 1.45 bits per heavy atom. The zero-order valence-corrected chi connectivity index (χ0v) is 5.53. The maximum absolute atomic E-state index is 12.8. The van der Waals surface area contributed by atoms with Gasteiger partial charge < -0.3 is 5.73 Å². The van der Waals surface area contributed by atoms with E-state index < -0.39 is 5.95 Å². The summed E-state index contributed by atoms with van der Waals surface area (Å²) in [5.74, 6) is -0.387. The maximum Gasteiger partial charge on any atom is 0.240 e. The van der Waals surface area contributed by atoms with Gasteiger partial charge in [-0.25, -0.2) is 0 Å². The van der Waals surface area contributed by atoms with Gasteiger partial charge in [0.15, 0.2) is 5.65 Å². The molecule has 0 saturated carbocycles. The first kappa shape index (κ1) is 6.09. The second-order valence-electron chi connectivity index (χ2n) is 2.09. The summed E-state index contributed by atoms with van der Waals surface area (Å²) in [4.78, 5) is 3.76. The number of hydrogen-bond donors (Lipinski definition) is 1. The first-order valence-electron chi connectivity index (χ1n) is 3.04. The van der Waals surface area contributed by atoms with E-state index in [2.05, 4.69) is 10.1 Å². The van der Waals surface area contributed by atoms with Gasteiger partial charge in [0.2, 0.25) is 11.9 Å². The third-order valence-corrected chi connectivity index (χ3v) is 1.33. The monoisotopic (exact) mass is 152 g/mol. The summed E-state index contributed by atoms with van der Waals surface area (Å²) in [6, 6.07) is 4.48. The number of hydrogen-bond acceptors (Lipinski definition) is 3. The Morgan fingerprint density at radius 3 is 3.00 bits per heavy atom. The van der Waals surface area contributed by atoms with E-state index in [9.17, 15) is 4.39 Å². The van der Waals surface area contributed by atoms with Gasteiger partial charge in [-0.1, -0.05) is 6.07 Å². The van der Waals surface area contributed by atoms with Crippen LogP contribution >= 0.6 is 0 Å². The van der Waals surface area contributed by atoms with Crippen LogP contribution in [0.2, 0.25) is 0 Å². The molecule has 0 unspecified atom stereocenters. The molecular weight excluding hydrogens is 147 g/mol. The van der Waals surface area contributed by atoms with Crippen LogP contribution in [0, 0.1) is 5.95 Å². The van der Waals surface area contributed by atoms with Gasteiger partial charge in [-0.05, 0) is 12.1 Å². The minimum Gasteiger partial charge on any atom is -0.366 e. The lowest BCUT2D eigenvalue weighted by Gasteiger charge is -1.89. The number of nitrogens with zero attached hydrogens (tertiary/aromatic N) is 3. The van der Waals surface area contributed by atoms with Crippen molar-refractivity contribution in [2.45, 2.75) is 0 Å². The van der Waals surface area contributed by atoms with Crippen LogP contribution in [0.25, 0.3) is 5.65 Å². The number of rotatable bonds is 0. The smallest absolute Gasteiger partial charge is 0.240 e. The van der Waals surface area contributed by atoms with Crippen molar-refractivity contribution in [3.05, 3.63) is 24.1 Å². The number of anilines is 1. The Bertz CT molecular complexity index is 394. The molecule has 11 heavy (non-hydrogen) atoms. The van der Waals surface area contributed by atoms with Crippen molar-refractivity contribution >= 4 is 11.6 Å². The topological polar surface area (TPSA) is 56.2 Å². The number of aromatic nitrogens is 3. The minimum atomic E-state index is -0.466. The standard InChI is InChI=1S/C6H5FN4/c7-4-2-1-3-5-9-6(8)10-11(4)5/h1-3H,(H2,8,10). The Morgan fingerprint density at radius 2 is 2.27 bits per heavy atom. The first-order chi connectivity index (χ1) is 5.27. The van der Waals surface area contributed by atoms with Crippen LogP contribution in [-0.4, -0.2) is 14.6 Å². The first-order valence-corrected chi connectivity index (χ1v) is 3.04. The SMILES string of the molecule is Nc1nc2cccc(F)n2n1. The highest BCUT2D eigenvalue weighted by atomic mass is 19.1. The van der Waals surface area contributed by atoms with E-state index in [4.69, 9.17) is 5.73 Å². The Hall–Kier alpha value is -1.65. The van der Waals surface area contributed by atoms with Crippen molar-refractivity contribution in [3.8, 4) is 0 Å². The molecule has 0 atom stereocenters. The second kappa shape index (κ2) is 1.91. The summed E-state index contributed by atoms with van der Waals surface area (Å²) < 4.78 is 13.9. The third-order valence-electron chi connectivity index (χ3n) is 1.33. The van der Waals surface area contributed by atoms with Crippen molar-refractivity contribution in [2.75, 3.05) is 5.73 Å². The van der Waals surface area contributed by atoms with Crippen LogP contribution in [-0.2, 0) is 0 Å². The molecule has 0 bridgehead atoms. The lowest BCUT2D eigenvalue weighted by molar-refractivity contribution is 0.546. The van der Waals surface area contributed by atoms with Crippen LogP contribution in [0.5, 0.6) is 0 Å². The summed E-state index contributed by atoms with van der Waals surface area (Å²) in [6.07, 6.45) is 0. The molecule has 2 N–H and O–H groups in total. The van der Waals surface area contributed by atoms with Gasteiger partial charge in [0, 0.05) is 0 Å². The summed E-state index contributed by atoms with van der Waals surface area (Å²) >= 11 is 0. The van der Waals surface area contributed by atoms with E-state index in [1.165, 1.54) is 6.07 Å². The Kier molecular flexibility index (Phi) is 1.06. The number of halogens is 1. The molecule has 2 aromatic rings. The predicted molar refractivity (Wildman–Crippen MR) is 37.4 cm³/mol.